The summed E-state index contributed by atoms with van der Waals surface area (Å²) in [6, 6.07) is 26.5. The zero-order valence-corrected chi connectivity index (χ0v) is 14.6. The molecule has 0 aromatic heterocycles. The Hall–Kier alpha value is -3.20. The van der Waals surface area contributed by atoms with Gasteiger partial charge in [0.1, 0.15) is 5.75 Å². The van der Waals surface area contributed by atoms with Crippen LogP contribution in [-0.2, 0) is 4.79 Å². The fourth-order valence-electron chi connectivity index (χ4n) is 2.90. The van der Waals surface area contributed by atoms with Crippen molar-refractivity contribution in [3.8, 4) is 5.75 Å². The van der Waals surface area contributed by atoms with Crippen molar-refractivity contribution in [2.45, 2.75) is 19.3 Å². The van der Waals surface area contributed by atoms with E-state index in [4.69, 9.17) is 4.74 Å². The Morgan fingerprint density at radius 3 is 1.73 bits per heavy atom. The number of hydrogen-bond acceptors (Lipinski definition) is 3. The summed E-state index contributed by atoms with van der Waals surface area (Å²) in [7, 11) is 0. The van der Waals surface area contributed by atoms with Crippen LogP contribution >= 0.6 is 0 Å². The summed E-state index contributed by atoms with van der Waals surface area (Å²) in [4.78, 5) is 23.8. The molecule has 0 aliphatic carbocycles. The van der Waals surface area contributed by atoms with Crippen LogP contribution in [0.5, 0.6) is 5.75 Å². The summed E-state index contributed by atoms with van der Waals surface area (Å²) < 4.78 is 5.47. The van der Waals surface area contributed by atoms with Crippen molar-refractivity contribution in [2.75, 3.05) is 0 Å². The lowest BCUT2D eigenvalue weighted by Crippen LogP contribution is -2.14. The molecule has 0 amide bonds. The lowest BCUT2D eigenvalue weighted by Gasteiger charge is -2.17. The smallest absolute Gasteiger partial charge is 0.312 e. The molecule has 3 rings (SSSR count). The fourth-order valence-corrected chi connectivity index (χ4v) is 2.90. The summed E-state index contributed by atoms with van der Waals surface area (Å²) in [5.41, 5.74) is 2.74. The molecule has 130 valence electrons. The topological polar surface area (TPSA) is 43.4 Å². The molecule has 0 saturated heterocycles. The largest absolute Gasteiger partial charge is 0.427 e. The van der Waals surface area contributed by atoms with Gasteiger partial charge in [-0.3, -0.25) is 9.59 Å². The normalized spacial score (nSPS) is 10.5. The van der Waals surface area contributed by atoms with Gasteiger partial charge in [0.2, 0.25) is 0 Å². The SMILES string of the molecule is CC(=O)c1ccc(OC(=O)CC(c2ccccc2)c2ccccc2)cc1. The van der Waals surface area contributed by atoms with E-state index in [0.29, 0.717) is 11.3 Å². The molecule has 0 saturated carbocycles. The van der Waals surface area contributed by atoms with Gasteiger partial charge in [0.05, 0.1) is 6.42 Å². The number of Topliss-reactive ketones (excluding diaryl/α,β-unsaturated/α-hetero) is 1. The second-order valence-corrected chi connectivity index (χ2v) is 6.13. The lowest BCUT2D eigenvalue weighted by molar-refractivity contribution is -0.134. The Labute approximate surface area is 153 Å². The first-order valence-corrected chi connectivity index (χ1v) is 8.55. The molecule has 0 bridgehead atoms. The summed E-state index contributed by atoms with van der Waals surface area (Å²) in [6.45, 7) is 1.51. The first-order chi connectivity index (χ1) is 12.6. The quantitative estimate of drug-likeness (QED) is 0.358. The second-order valence-electron chi connectivity index (χ2n) is 6.13. The van der Waals surface area contributed by atoms with Crippen molar-refractivity contribution in [3.63, 3.8) is 0 Å². The van der Waals surface area contributed by atoms with Gasteiger partial charge >= 0.3 is 5.97 Å². The van der Waals surface area contributed by atoms with E-state index in [0.717, 1.165) is 11.1 Å². The summed E-state index contributed by atoms with van der Waals surface area (Å²) in [5, 5.41) is 0. The Morgan fingerprint density at radius 1 is 0.769 bits per heavy atom. The molecule has 3 heteroatoms. The van der Waals surface area contributed by atoms with Crippen LogP contribution in [0.1, 0.15) is 40.7 Å². The molecule has 0 N–H and O–H groups in total. The maximum absolute atomic E-state index is 12.5. The zero-order valence-electron chi connectivity index (χ0n) is 14.6. The Bertz CT molecular complexity index is 829. The second kappa shape index (κ2) is 8.26. The third-order valence-electron chi connectivity index (χ3n) is 4.27. The van der Waals surface area contributed by atoms with Crippen LogP contribution < -0.4 is 4.74 Å². The van der Waals surface area contributed by atoms with E-state index < -0.39 is 0 Å². The number of hydrogen-bond donors (Lipinski definition) is 0. The molecule has 0 unspecified atom stereocenters. The van der Waals surface area contributed by atoms with Crippen molar-refractivity contribution in [3.05, 3.63) is 102 Å². The zero-order chi connectivity index (χ0) is 18.4. The minimum absolute atomic E-state index is 0.0175. The first kappa shape index (κ1) is 17.6. The van der Waals surface area contributed by atoms with Crippen molar-refractivity contribution >= 4 is 11.8 Å². The van der Waals surface area contributed by atoms with E-state index in [-0.39, 0.29) is 24.1 Å². The van der Waals surface area contributed by atoms with Crippen LogP contribution in [0, 0.1) is 0 Å². The van der Waals surface area contributed by atoms with Crippen molar-refractivity contribution in [1.82, 2.24) is 0 Å². The number of carbonyl (C=O) groups excluding carboxylic acids is 2. The molecule has 0 fully saturated rings. The Balaban J connectivity index is 1.76. The number of rotatable bonds is 6. The fraction of sp³-hybridized carbons (Fsp3) is 0.130. The number of ketones is 1. The van der Waals surface area contributed by atoms with Crippen molar-refractivity contribution in [1.29, 1.82) is 0 Å². The van der Waals surface area contributed by atoms with Gasteiger partial charge < -0.3 is 4.74 Å². The third kappa shape index (κ3) is 4.45. The molecule has 0 atom stereocenters. The molecule has 26 heavy (non-hydrogen) atoms. The minimum atomic E-state index is -0.307. The van der Waals surface area contributed by atoms with Gasteiger partial charge in [0.25, 0.3) is 0 Å². The van der Waals surface area contributed by atoms with Gasteiger partial charge in [-0.1, -0.05) is 60.7 Å². The molecule has 0 spiro atoms. The number of carbonyl (C=O) groups is 2. The lowest BCUT2D eigenvalue weighted by atomic mass is 9.88. The highest BCUT2D eigenvalue weighted by molar-refractivity contribution is 5.94. The summed E-state index contributed by atoms with van der Waals surface area (Å²) in [5.74, 6) is 0.0515. The molecule has 0 heterocycles. The van der Waals surface area contributed by atoms with Crippen LogP contribution in [-0.4, -0.2) is 11.8 Å². The Morgan fingerprint density at radius 2 is 1.27 bits per heavy atom. The number of ether oxygens (including phenoxy) is 1. The molecule has 3 aromatic carbocycles. The van der Waals surface area contributed by atoms with E-state index in [9.17, 15) is 9.59 Å². The van der Waals surface area contributed by atoms with E-state index in [2.05, 4.69) is 0 Å². The van der Waals surface area contributed by atoms with Crippen LogP contribution in [0.3, 0.4) is 0 Å². The average molecular weight is 344 g/mol. The standard InChI is InChI=1S/C23H20O3/c1-17(24)18-12-14-21(15-13-18)26-23(25)16-22(19-8-4-2-5-9-19)20-10-6-3-7-11-20/h2-15,22H,16H2,1H3. The van der Waals surface area contributed by atoms with Crippen LogP contribution in [0.2, 0.25) is 0 Å². The number of esters is 1. The molecular weight excluding hydrogens is 324 g/mol. The first-order valence-electron chi connectivity index (χ1n) is 8.55. The van der Waals surface area contributed by atoms with Gasteiger partial charge in [-0.15, -0.1) is 0 Å². The van der Waals surface area contributed by atoms with E-state index in [1.807, 2.05) is 60.7 Å². The van der Waals surface area contributed by atoms with Crippen LogP contribution in [0.25, 0.3) is 0 Å². The minimum Gasteiger partial charge on any atom is -0.427 e. The molecule has 0 aliphatic rings. The maximum Gasteiger partial charge on any atom is 0.312 e. The van der Waals surface area contributed by atoms with Crippen LogP contribution in [0.4, 0.5) is 0 Å². The van der Waals surface area contributed by atoms with E-state index in [1.54, 1.807) is 24.3 Å². The number of benzene rings is 3. The van der Waals surface area contributed by atoms with Gasteiger partial charge in [0.15, 0.2) is 5.78 Å². The highest BCUT2D eigenvalue weighted by Gasteiger charge is 2.19. The van der Waals surface area contributed by atoms with E-state index >= 15 is 0 Å². The predicted octanol–water partition coefficient (Wildman–Crippen LogP) is 5.02. The van der Waals surface area contributed by atoms with E-state index in [1.165, 1.54) is 6.92 Å². The Kier molecular flexibility index (Phi) is 5.59. The van der Waals surface area contributed by atoms with Crippen molar-refractivity contribution < 1.29 is 14.3 Å². The highest BCUT2D eigenvalue weighted by Crippen LogP contribution is 2.28. The molecule has 3 nitrogen and oxygen atoms in total. The average Bonchev–Trinajstić information content (AvgIpc) is 2.68. The monoisotopic (exact) mass is 344 g/mol. The molecule has 0 aliphatic heterocycles. The molecule has 3 aromatic rings. The molecule has 0 radical (unpaired) electrons. The van der Waals surface area contributed by atoms with Crippen LogP contribution in [0.15, 0.2) is 84.9 Å². The maximum atomic E-state index is 12.5. The third-order valence-corrected chi connectivity index (χ3v) is 4.27. The summed E-state index contributed by atoms with van der Waals surface area (Å²) in [6.07, 6.45) is 0.239. The predicted molar refractivity (Wildman–Crippen MR) is 101 cm³/mol. The highest BCUT2D eigenvalue weighted by atomic mass is 16.5. The van der Waals surface area contributed by atoms with Gasteiger partial charge in [0, 0.05) is 11.5 Å². The van der Waals surface area contributed by atoms with Crippen molar-refractivity contribution in [2.24, 2.45) is 0 Å². The summed E-state index contributed by atoms with van der Waals surface area (Å²) >= 11 is 0. The van der Waals surface area contributed by atoms with Gasteiger partial charge in [-0.05, 0) is 42.3 Å². The van der Waals surface area contributed by atoms with Gasteiger partial charge in [-0.2, -0.15) is 0 Å². The molecular formula is C23H20O3. The van der Waals surface area contributed by atoms with Gasteiger partial charge in [-0.25, -0.2) is 0 Å².